The van der Waals surface area contributed by atoms with Crippen molar-refractivity contribution in [3.63, 3.8) is 0 Å². The molecule has 0 amide bonds. The lowest BCUT2D eigenvalue weighted by atomic mass is 10.2. The van der Waals surface area contributed by atoms with Gasteiger partial charge in [0.25, 0.3) is 0 Å². The lowest BCUT2D eigenvalue weighted by molar-refractivity contribution is -0.274. The normalized spacial score (nSPS) is 12.2. The molecule has 2 aromatic carbocycles. The highest BCUT2D eigenvalue weighted by molar-refractivity contribution is 9.10. The summed E-state index contributed by atoms with van der Waals surface area (Å²) in [5.74, 6) is -0.446. The number of halogens is 4. The van der Waals surface area contributed by atoms with E-state index in [4.69, 9.17) is 0 Å². The lowest BCUT2D eigenvalue weighted by Gasteiger charge is -2.13. The molecule has 0 saturated carbocycles. The number of hydrogen-bond donors (Lipinski definition) is 1. The summed E-state index contributed by atoms with van der Waals surface area (Å²) in [5, 5.41) is 0. The third-order valence-electron chi connectivity index (χ3n) is 2.77. The predicted octanol–water partition coefficient (Wildman–Crippen LogP) is 3.83. The standard InChI is InChI=1S/C14H11BrF3NO3S/c15-11-5-7-12(8-6-11)23(20,21)19-9-10-3-1-2-4-13(10)22-14(16,17)18/h1-8,19H,9H2. The van der Waals surface area contributed by atoms with Gasteiger partial charge in [-0.25, -0.2) is 13.1 Å². The molecule has 23 heavy (non-hydrogen) atoms. The molecule has 0 radical (unpaired) electrons. The number of nitrogens with one attached hydrogen (secondary N) is 1. The summed E-state index contributed by atoms with van der Waals surface area (Å²) >= 11 is 3.19. The largest absolute Gasteiger partial charge is 0.573 e. The van der Waals surface area contributed by atoms with Gasteiger partial charge in [-0.3, -0.25) is 0 Å². The Morgan fingerprint density at radius 3 is 2.26 bits per heavy atom. The number of hydrogen-bond acceptors (Lipinski definition) is 3. The zero-order valence-electron chi connectivity index (χ0n) is 11.5. The van der Waals surface area contributed by atoms with Gasteiger partial charge >= 0.3 is 6.36 Å². The van der Waals surface area contributed by atoms with Crippen LogP contribution >= 0.6 is 15.9 Å². The summed E-state index contributed by atoms with van der Waals surface area (Å²) < 4.78 is 68.1. The smallest absolute Gasteiger partial charge is 0.405 e. The summed E-state index contributed by atoms with van der Waals surface area (Å²) in [6.45, 7) is -0.329. The molecule has 2 rings (SSSR count). The molecule has 0 aromatic heterocycles. The van der Waals surface area contributed by atoms with Crippen molar-refractivity contribution in [2.24, 2.45) is 0 Å². The van der Waals surface area contributed by atoms with Crippen LogP contribution in [0.15, 0.2) is 57.9 Å². The molecule has 0 aliphatic heterocycles. The molecule has 4 nitrogen and oxygen atoms in total. The summed E-state index contributed by atoms with van der Waals surface area (Å²) in [7, 11) is -3.84. The van der Waals surface area contributed by atoms with Crippen LogP contribution in [0.25, 0.3) is 0 Å². The summed E-state index contributed by atoms with van der Waals surface area (Å²) in [5.41, 5.74) is 0.0745. The Balaban J connectivity index is 2.16. The topological polar surface area (TPSA) is 55.4 Å². The van der Waals surface area contributed by atoms with E-state index < -0.39 is 22.1 Å². The first-order valence-corrected chi connectivity index (χ1v) is 8.54. The van der Waals surface area contributed by atoms with Crippen LogP contribution in [-0.4, -0.2) is 14.8 Å². The van der Waals surface area contributed by atoms with Gasteiger partial charge in [0.2, 0.25) is 10.0 Å². The molecule has 0 heterocycles. The summed E-state index contributed by atoms with van der Waals surface area (Å²) in [4.78, 5) is 0.00919. The molecule has 0 unspecified atom stereocenters. The van der Waals surface area contributed by atoms with Gasteiger partial charge in [-0.05, 0) is 30.3 Å². The Labute approximate surface area is 139 Å². The van der Waals surface area contributed by atoms with E-state index in [-0.39, 0.29) is 17.0 Å². The molecular formula is C14H11BrF3NO3S. The molecule has 0 aliphatic rings. The average molecular weight is 410 g/mol. The van der Waals surface area contributed by atoms with Crippen molar-refractivity contribution in [2.75, 3.05) is 0 Å². The fraction of sp³-hybridized carbons (Fsp3) is 0.143. The maximum Gasteiger partial charge on any atom is 0.573 e. The molecule has 0 bridgehead atoms. The minimum Gasteiger partial charge on any atom is -0.405 e. The third-order valence-corrected chi connectivity index (χ3v) is 4.72. The summed E-state index contributed by atoms with van der Waals surface area (Å²) in [6, 6.07) is 11.2. The van der Waals surface area contributed by atoms with Crippen molar-refractivity contribution in [3.05, 3.63) is 58.6 Å². The van der Waals surface area contributed by atoms with Crippen molar-refractivity contribution in [2.45, 2.75) is 17.8 Å². The van der Waals surface area contributed by atoms with Crippen molar-refractivity contribution in [3.8, 4) is 5.75 Å². The second-order valence-electron chi connectivity index (χ2n) is 4.43. The van der Waals surface area contributed by atoms with Gasteiger partial charge in [0, 0.05) is 16.6 Å². The fourth-order valence-corrected chi connectivity index (χ4v) is 3.01. The van der Waals surface area contributed by atoms with Crippen LogP contribution in [0.3, 0.4) is 0 Å². The van der Waals surface area contributed by atoms with Crippen LogP contribution < -0.4 is 9.46 Å². The van der Waals surface area contributed by atoms with Crippen LogP contribution in [0.5, 0.6) is 5.75 Å². The van der Waals surface area contributed by atoms with Crippen molar-refractivity contribution in [1.29, 1.82) is 0 Å². The number of ether oxygens (including phenoxy) is 1. The quantitative estimate of drug-likeness (QED) is 0.816. The highest BCUT2D eigenvalue weighted by Gasteiger charge is 2.32. The molecule has 124 valence electrons. The van der Waals surface area contributed by atoms with Gasteiger partial charge in [-0.2, -0.15) is 0 Å². The average Bonchev–Trinajstić information content (AvgIpc) is 2.45. The Bertz CT molecular complexity index is 777. The van der Waals surface area contributed by atoms with Crippen LogP contribution in [0.2, 0.25) is 0 Å². The molecule has 0 saturated heterocycles. The monoisotopic (exact) mass is 409 g/mol. The molecule has 9 heteroatoms. The van der Waals surface area contributed by atoms with Crippen molar-refractivity contribution >= 4 is 26.0 Å². The van der Waals surface area contributed by atoms with E-state index in [0.717, 1.165) is 6.07 Å². The molecular weight excluding hydrogens is 399 g/mol. The number of alkyl halides is 3. The fourth-order valence-electron chi connectivity index (χ4n) is 1.74. The van der Waals surface area contributed by atoms with Crippen molar-refractivity contribution < 1.29 is 26.3 Å². The molecule has 0 fully saturated rings. The van der Waals surface area contributed by atoms with E-state index in [9.17, 15) is 21.6 Å². The molecule has 0 spiro atoms. The highest BCUT2D eigenvalue weighted by atomic mass is 79.9. The Morgan fingerprint density at radius 1 is 1.04 bits per heavy atom. The second kappa shape index (κ2) is 6.90. The van der Waals surface area contributed by atoms with Crippen LogP contribution in [-0.2, 0) is 16.6 Å². The first-order valence-electron chi connectivity index (χ1n) is 6.26. The van der Waals surface area contributed by atoms with Gasteiger partial charge < -0.3 is 4.74 Å². The van der Waals surface area contributed by atoms with E-state index in [2.05, 4.69) is 25.4 Å². The minimum absolute atomic E-state index is 0.00919. The zero-order chi connectivity index (χ0) is 17.1. The van der Waals surface area contributed by atoms with E-state index >= 15 is 0 Å². The first kappa shape index (κ1) is 17.8. The van der Waals surface area contributed by atoms with Gasteiger partial charge in [-0.15, -0.1) is 13.2 Å². The van der Waals surface area contributed by atoms with Crippen LogP contribution in [0.4, 0.5) is 13.2 Å². The Morgan fingerprint density at radius 2 is 1.65 bits per heavy atom. The summed E-state index contributed by atoms with van der Waals surface area (Å²) in [6.07, 6.45) is -4.85. The minimum atomic E-state index is -4.85. The number of sulfonamides is 1. The Hall–Kier alpha value is -1.58. The van der Waals surface area contributed by atoms with Gasteiger partial charge in [0.05, 0.1) is 4.90 Å². The molecule has 0 atom stereocenters. The Kier molecular flexibility index (Phi) is 5.33. The second-order valence-corrected chi connectivity index (χ2v) is 7.12. The van der Waals surface area contributed by atoms with Crippen molar-refractivity contribution in [1.82, 2.24) is 4.72 Å². The zero-order valence-corrected chi connectivity index (χ0v) is 13.9. The van der Waals surface area contributed by atoms with Crippen LogP contribution in [0, 0.1) is 0 Å². The molecule has 1 N–H and O–H groups in total. The predicted molar refractivity (Wildman–Crippen MR) is 81.3 cm³/mol. The van der Waals surface area contributed by atoms with E-state index in [1.807, 2.05) is 0 Å². The lowest BCUT2D eigenvalue weighted by Crippen LogP contribution is -2.24. The van der Waals surface area contributed by atoms with Crippen LogP contribution in [0.1, 0.15) is 5.56 Å². The van der Waals surface area contributed by atoms with E-state index in [0.29, 0.717) is 4.47 Å². The number of rotatable bonds is 5. The van der Waals surface area contributed by atoms with Gasteiger partial charge in [0.15, 0.2) is 0 Å². The maximum atomic E-state index is 12.3. The third kappa shape index (κ3) is 5.22. The van der Waals surface area contributed by atoms with E-state index in [1.165, 1.54) is 30.3 Å². The highest BCUT2D eigenvalue weighted by Crippen LogP contribution is 2.26. The first-order chi connectivity index (χ1) is 10.7. The molecule has 0 aliphatic carbocycles. The van der Waals surface area contributed by atoms with E-state index in [1.54, 1.807) is 12.1 Å². The maximum absolute atomic E-state index is 12.3. The van der Waals surface area contributed by atoms with Gasteiger partial charge in [0.1, 0.15) is 5.75 Å². The number of para-hydroxylation sites is 1. The SMILES string of the molecule is O=S(=O)(NCc1ccccc1OC(F)(F)F)c1ccc(Br)cc1. The van der Waals surface area contributed by atoms with Gasteiger partial charge in [-0.1, -0.05) is 34.1 Å². The molecule has 2 aromatic rings. The number of benzene rings is 2.